The lowest BCUT2D eigenvalue weighted by molar-refractivity contribution is -0.119. The van der Waals surface area contributed by atoms with Crippen molar-refractivity contribution in [2.75, 3.05) is 0 Å². The highest BCUT2D eigenvalue weighted by Gasteiger charge is 2.19. The van der Waals surface area contributed by atoms with Gasteiger partial charge in [-0.3, -0.25) is 4.79 Å². The predicted octanol–water partition coefficient (Wildman–Crippen LogP) is 1.78. The molecule has 5 heteroatoms. The molecule has 0 saturated heterocycles. The average molecular weight is 278 g/mol. The van der Waals surface area contributed by atoms with Gasteiger partial charge in [-0.2, -0.15) is 0 Å². The fourth-order valence-electron chi connectivity index (χ4n) is 1.76. The van der Waals surface area contributed by atoms with Crippen LogP contribution in [0.2, 0.25) is 0 Å². The third-order valence-corrected chi connectivity index (χ3v) is 2.85. The summed E-state index contributed by atoms with van der Waals surface area (Å²) in [7, 11) is 0. The molecule has 1 aromatic carbocycles. The maximum atomic E-state index is 11.5. The summed E-state index contributed by atoms with van der Waals surface area (Å²) in [4.78, 5) is 22.9. The van der Waals surface area contributed by atoms with Crippen LogP contribution in [0, 0.1) is 0 Å². The third-order valence-electron chi connectivity index (χ3n) is 2.85. The van der Waals surface area contributed by atoms with Gasteiger partial charge in [0.25, 0.3) is 0 Å². The van der Waals surface area contributed by atoms with Gasteiger partial charge in [0.15, 0.2) is 0 Å². The Labute approximate surface area is 119 Å². The molecule has 110 valence electrons. The number of carbonyl (C=O) groups is 2. The number of amides is 2. The first-order chi connectivity index (χ1) is 9.42. The number of hydrogen-bond acceptors (Lipinski definition) is 3. The molecule has 0 heterocycles. The second-order valence-electron chi connectivity index (χ2n) is 4.93. The van der Waals surface area contributed by atoms with Crippen LogP contribution in [0.5, 0.6) is 0 Å². The van der Waals surface area contributed by atoms with Crippen LogP contribution in [-0.4, -0.2) is 24.1 Å². The molecule has 0 spiro atoms. The van der Waals surface area contributed by atoms with Gasteiger partial charge in [-0.25, -0.2) is 4.79 Å². The van der Waals surface area contributed by atoms with Crippen molar-refractivity contribution in [1.82, 2.24) is 5.32 Å². The van der Waals surface area contributed by atoms with Crippen LogP contribution in [0.1, 0.15) is 31.9 Å². The predicted molar refractivity (Wildman–Crippen MR) is 77.3 cm³/mol. The summed E-state index contributed by atoms with van der Waals surface area (Å²) >= 11 is 0. The van der Waals surface area contributed by atoms with Crippen molar-refractivity contribution in [3.05, 3.63) is 35.4 Å². The van der Waals surface area contributed by atoms with E-state index in [2.05, 4.69) is 12.2 Å². The molecule has 1 atom stereocenters. The highest BCUT2D eigenvalue weighted by atomic mass is 16.6. The van der Waals surface area contributed by atoms with E-state index in [4.69, 9.17) is 10.5 Å². The number of nitrogens with two attached hydrogens (primary N) is 1. The Morgan fingerprint density at radius 2 is 1.75 bits per heavy atom. The molecule has 1 rings (SSSR count). The van der Waals surface area contributed by atoms with Gasteiger partial charge in [0.1, 0.15) is 6.04 Å². The topological polar surface area (TPSA) is 81.4 Å². The first kappa shape index (κ1) is 16.0. The smallest absolute Gasteiger partial charge is 0.408 e. The van der Waals surface area contributed by atoms with Gasteiger partial charge in [0, 0.05) is 6.42 Å². The minimum atomic E-state index is -0.770. The summed E-state index contributed by atoms with van der Waals surface area (Å²) in [5.41, 5.74) is 7.47. The number of ether oxygens (including phenoxy) is 1. The number of aryl methyl sites for hydroxylation is 1. The molecule has 2 amide bonds. The summed E-state index contributed by atoms with van der Waals surface area (Å²) in [6.45, 7) is 5.55. The van der Waals surface area contributed by atoms with E-state index >= 15 is 0 Å². The molecule has 0 aromatic heterocycles. The Hall–Kier alpha value is -2.04. The van der Waals surface area contributed by atoms with Crippen LogP contribution in [-0.2, 0) is 22.4 Å². The number of alkyl carbamates (subject to hydrolysis) is 1. The SMILES string of the molecule is CCc1ccc(CC(NC(=O)OC(C)C)C(N)=O)cc1. The van der Waals surface area contributed by atoms with E-state index in [1.807, 2.05) is 24.3 Å². The van der Waals surface area contributed by atoms with Crippen LogP contribution < -0.4 is 11.1 Å². The molecule has 0 aliphatic heterocycles. The standard InChI is InChI=1S/C15H22N2O3/c1-4-11-5-7-12(8-6-11)9-13(14(16)18)17-15(19)20-10(2)3/h5-8,10,13H,4,9H2,1-3H3,(H2,16,18)(H,17,19). The zero-order chi connectivity index (χ0) is 15.1. The minimum Gasteiger partial charge on any atom is -0.447 e. The molecule has 5 nitrogen and oxygen atoms in total. The molecule has 1 unspecified atom stereocenters. The van der Waals surface area contributed by atoms with Gasteiger partial charge in [0.05, 0.1) is 6.10 Å². The van der Waals surface area contributed by atoms with E-state index < -0.39 is 18.0 Å². The maximum absolute atomic E-state index is 11.5. The highest BCUT2D eigenvalue weighted by molar-refractivity contribution is 5.84. The number of benzene rings is 1. The lowest BCUT2D eigenvalue weighted by Crippen LogP contribution is -2.46. The lowest BCUT2D eigenvalue weighted by atomic mass is 10.0. The summed E-state index contributed by atoms with van der Waals surface area (Å²) in [6.07, 6.45) is 0.437. The molecule has 0 fully saturated rings. The van der Waals surface area contributed by atoms with Crippen LogP contribution in [0.4, 0.5) is 4.79 Å². The normalized spacial score (nSPS) is 12.0. The average Bonchev–Trinajstić information content (AvgIpc) is 2.37. The van der Waals surface area contributed by atoms with Crippen molar-refractivity contribution in [3.8, 4) is 0 Å². The molecule has 3 N–H and O–H groups in total. The second kappa shape index (κ2) is 7.53. The molecular weight excluding hydrogens is 256 g/mol. The maximum Gasteiger partial charge on any atom is 0.408 e. The summed E-state index contributed by atoms with van der Waals surface area (Å²) in [5.74, 6) is -0.578. The van der Waals surface area contributed by atoms with E-state index in [-0.39, 0.29) is 6.10 Å². The summed E-state index contributed by atoms with van der Waals surface area (Å²) in [6, 6.07) is 7.10. The zero-order valence-corrected chi connectivity index (χ0v) is 12.2. The molecule has 0 aliphatic carbocycles. The van der Waals surface area contributed by atoms with Crippen molar-refractivity contribution in [2.24, 2.45) is 5.73 Å². The minimum absolute atomic E-state index is 0.243. The van der Waals surface area contributed by atoms with Gasteiger partial charge < -0.3 is 15.8 Å². The molecule has 0 bridgehead atoms. The first-order valence-corrected chi connectivity index (χ1v) is 6.76. The Bertz CT molecular complexity index is 455. The van der Waals surface area contributed by atoms with Gasteiger partial charge in [-0.1, -0.05) is 31.2 Å². The fourth-order valence-corrected chi connectivity index (χ4v) is 1.76. The van der Waals surface area contributed by atoms with Crippen molar-refractivity contribution >= 4 is 12.0 Å². The van der Waals surface area contributed by atoms with Crippen molar-refractivity contribution in [2.45, 2.75) is 45.8 Å². The Kier molecular flexibility index (Phi) is 6.03. The lowest BCUT2D eigenvalue weighted by Gasteiger charge is -2.17. The third kappa shape index (κ3) is 5.30. The number of rotatable bonds is 6. The van der Waals surface area contributed by atoms with E-state index in [1.54, 1.807) is 13.8 Å². The number of primary amides is 1. The summed E-state index contributed by atoms with van der Waals surface area (Å²) in [5, 5.41) is 2.49. The van der Waals surface area contributed by atoms with Crippen LogP contribution in [0.25, 0.3) is 0 Å². The molecule has 20 heavy (non-hydrogen) atoms. The van der Waals surface area contributed by atoms with Crippen molar-refractivity contribution in [3.63, 3.8) is 0 Å². The second-order valence-corrected chi connectivity index (χ2v) is 4.93. The largest absolute Gasteiger partial charge is 0.447 e. The summed E-state index contributed by atoms with van der Waals surface area (Å²) < 4.78 is 4.95. The molecule has 0 radical (unpaired) electrons. The van der Waals surface area contributed by atoms with Gasteiger partial charge >= 0.3 is 6.09 Å². The molecular formula is C15H22N2O3. The van der Waals surface area contributed by atoms with Gasteiger partial charge in [0.2, 0.25) is 5.91 Å². The van der Waals surface area contributed by atoms with Gasteiger partial charge in [-0.05, 0) is 31.4 Å². The Morgan fingerprint density at radius 3 is 2.20 bits per heavy atom. The van der Waals surface area contributed by atoms with E-state index in [0.29, 0.717) is 6.42 Å². The number of nitrogens with one attached hydrogen (secondary N) is 1. The van der Waals surface area contributed by atoms with Crippen molar-refractivity contribution < 1.29 is 14.3 Å². The van der Waals surface area contributed by atoms with E-state index in [9.17, 15) is 9.59 Å². The van der Waals surface area contributed by atoms with E-state index in [0.717, 1.165) is 12.0 Å². The monoisotopic (exact) mass is 278 g/mol. The molecule has 0 saturated carbocycles. The Morgan fingerprint density at radius 1 is 1.20 bits per heavy atom. The Balaban J connectivity index is 2.66. The van der Waals surface area contributed by atoms with E-state index in [1.165, 1.54) is 5.56 Å². The fraction of sp³-hybridized carbons (Fsp3) is 0.467. The van der Waals surface area contributed by atoms with Crippen LogP contribution in [0.15, 0.2) is 24.3 Å². The zero-order valence-electron chi connectivity index (χ0n) is 12.2. The first-order valence-electron chi connectivity index (χ1n) is 6.76. The van der Waals surface area contributed by atoms with Gasteiger partial charge in [-0.15, -0.1) is 0 Å². The van der Waals surface area contributed by atoms with Crippen molar-refractivity contribution in [1.29, 1.82) is 0 Å². The highest BCUT2D eigenvalue weighted by Crippen LogP contribution is 2.08. The molecule has 0 aliphatic rings. The van der Waals surface area contributed by atoms with Crippen LogP contribution in [0.3, 0.4) is 0 Å². The molecule has 1 aromatic rings. The van der Waals surface area contributed by atoms with Crippen LogP contribution >= 0.6 is 0 Å². The number of carbonyl (C=O) groups excluding carboxylic acids is 2. The number of hydrogen-bond donors (Lipinski definition) is 2. The quantitative estimate of drug-likeness (QED) is 0.832.